The summed E-state index contributed by atoms with van der Waals surface area (Å²) in [5, 5.41) is 13.2. The molecule has 2 aromatic carbocycles. The van der Waals surface area contributed by atoms with E-state index in [0.29, 0.717) is 31.3 Å². The molecule has 5 N–H and O–H groups in total. The predicted molar refractivity (Wildman–Crippen MR) is 183 cm³/mol. The molecule has 0 aliphatic carbocycles. The summed E-state index contributed by atoms with van der Waals surface area (Å²) in [5.74, 6) is 0.741. The normalized spacial score (nSPS) is 18.6. The minimum Gasteiger partial charge on any atom is -0.385 e. The molecule has 0 saturated heterocycles. The average molecular weight is 621 g/mol. The van der Waals surface area contributed by atoms with Gasteiger partial charge in [0.1, 0.15) is 12.2 Å². The highest BCUT2D eigenvalue weighted by molar-refractivity contribution is 8.03. The second-order valence-electron chi connectivity index (χ2n) is 10.4. The van der Waals surface area contributed by atoms with Crippen molar-refractivity contribution in [2.24, 2.45) is 25.9 Å². The van der Waals surface area contributed by atoms with Crippen LogP contribution in [0.15, 0.2) is 133 Å². The first-order chi connectivity index (χ1) is 22.0. The summed E-state index contributed by atoms with van der Waals surface area (Å²) in [6.45, 7) is 8.63. The van der Waals surface area contributed by atoms with Crippen molar-refractivity contribution in [1.29, 1.82) is 0 Å². The molecule has 0 saturated carbocycles. The maximum Gasteiger partial charge on any atom is 0.268 e. The van der Waals surface area contributed by atoms with Crippen LogP contribution in [0.5, 0.6) is 0 Å². The van der Waals surface area contributed by atoms with Crippen LogP contribution in [-0.2, 0) is 19.6 Å². The molecule has 2 aliphatic rings. The van der Waals surface area contributed by atoms with Crippen molar-refractivity contribution in [2.75, 3.05) is 18.4 Å². The van der Waals surface area contributed by atoms with Crippen LogP contribution < -0.4 is 21.7 Å². The van der Waals surface area contributed by atoms with E-state index in [4.69, 9.17) is 5.73 Å². The fourth-order valence-electron chi connectivity index (χ4n) is 4.49. The van der Waals surface area contributed by atoms with E-state index >= 15 is 0 Å². The summed E-state index contributed by atoms with van der Waals surface area (Å²) in [6.07, 6.45) is 7.81. The lowest BCUT2D eigenvalue weighted by atomic mass is 10.2. The Morgan fingerprint density at radius 2 is 1.87 bits per heavy atom. The van der Waals surface area contributed by atoms with E-state index in [1.165, 1.54) is 17.5 Å². The Labute approximate surface area is 267 Å². The van der Waals surface area contributed by atoms with Crippen LogP contribution in [-0.4, -0.2) is 41.2 Å². The maximum atomic E-state index is 11.8. The van der Waals surface area contributed by atoms with E-state index in [1.54, 1.807) is 29.1 Å². The van der Waals surface area contributed by atoms with Crippen molar-refractivity contribution in [2.45, 2.75) is 37.9 Å². The molecule has 0 spiro atoms. The zero-order valence-electron chi connectivity index (χ0n) is 25.1. The van der Waals surface area contributed by atoms with Crippen LogP contribution in [0.4, 0.5) is 5.69 Å². The van der Waals surface area contributed by atoms with Gasteiger partial charge in [0.05, 0.1) is 18.8 Å². The number of nitroso groups, excluding NO2 is 1. The van der Waals surface area contributed by atoms with Gasteiger partial charge >= 0.3 is 0 Å². The molecule has 12 heteroatoms. The molecule has 3 aromatic rings. The number of anilines is 1. The molecular weight excluding hydrogens is 584 g/mol. The van der Waals surface area contributed by atoms with E-state index in [-0.39, 0.29) is 12.5 Å². The Balaban J connectivity index is 1.26. The number of nitrogens with one attached hydrogen (secondary N) is 3. The lowest BCUT2D eigenvalue weighted by Crippen LogP contribution is -2.34. The number of guanidine groups is 2. The molecule has 0 unspecified atom stereocenters. The minimum atomic E-state index is 0.0242. The summed E-state index contributed by atoms with van der Waals surface area (Å²) in [5.41, 5.74) is 12.2. The Hall–Kier alpha value is -5.07. The van der Waals surface area contributed by atoms with Crippen molar-refractivity contribution in [3.05, 3.63) is 129 Å². The Morgan fingerprint density at radius 1 is 1.07 bits per heavy atom. The largest absolute Gasteiger partial charge is 0.385 e. The molecule has 5 rings (SSSR count). The summed E-state index contributed by atoms with van der Waals surface area (Å²) in [4.78, 5) is 33.2. The van der Waals surface area contributed by atoms with Gasteiger partial charge in [0, 0.05) is 52.7 Å². The standard InChI is InChI=1S/C33H36N10OS/c1-23-18-38-33(42-44)43(22-39-32(41-31(23)34)37-21-25-7-4-3-5-8-25)16-6-9-29-24(2)40-28-11-10-27(17-30(28)45-29)20-36-19-26-12-14-35-15-13-26/h3-5,7-15,17,22,36,40H,2,6,16,18-21,34H2,1H3,(H,37,41)/b29-9+,31-23+,38-33?,39-22?. The third-order valence-corrected chi connectivity index (χ3v) is 8.22. The monoisotopic (exact) mass is 620 g/mol. The molecule has 230 valence electrons. The summed E-state index contributed by atoms with van der Waals surface area (Å²) in [6, 6.07) is 20.3. The van der Waals surface area contributed by atoms with Crippen LogP contribution in [0.3, 0.4) is 0 Å². The minimum absolute atomic E-state index is 0.0242. The summed E-state index contributed by atoms with van der Waals surface area (Å²) in [7, 11) is 0. The highest BCUT2D eigenvalue weighted by Crippen LogP contribution is 2.42. The lowest BCUT2D eigenvalue weighted by molar-refractivity contribution is 0.617. The maximum absolute atomic E-state index is 11.8. The fraction of sp³-hybridized carbons (Fsp3) is 0.212. The Morgan fingerprint density at radius 3 is 2.67 bits per heavy atom. The van der Waals surface area contributed by atoms with Crippen LogP contribution in [0.2, 0.25) is 0 Å². The second-order valence-corrected chi connectivity index (χ2v) is 11.5. The van der Waals surface area contributed by atoms with Crippen molar-refractivity contribution in [3.8, 4) is 0 Å². The third kappa shape index (κ3) is 8.97. The smallest absolute Gasteiger partial charge is 0.268 e. The van der Waals surface area contributed by atoms with Crippen LogP contribution in [0, 0.1) is 4.91 Å². The Bertz CT molecular complexity index is 1670. The number of hydrogen-bond acceptors (Lipinski definition) is 10. The molecule has 0 bridgehead atoms. The van der Waals surface area contributed by atoms with Gasteiger partial charge in [-0.15, -0.1) is 4.91 Å². The van der Waals surface area contributed by atoms with Gasteiger partial charge < -0.3 is 21.7 Å². The number of benzene rings is 2. The number of hydrogen-bond donors (Lipinski definition) is 4. The number of aliphatic imine (C=N–C) groups is 3. The molecule has 3 heterocycles. The molecule has 2 aliphatic heterocycles. The topological polar surface area (TPSA) is 145 Å². The van der Waals surface area contributed by atoms with E-state index in [0.717, 1.165) is 45.4 Å². The van der Waals surface area contributed by atoms with Gasteiger partial charge in [-0.05, 0) is 59.9 Å². The van der Waals surface area contributed by atoms with Gasteiger partial charge in [0.2, 0.25) is 5.96 Å². The number of thioether (sulfide) groups is 1. The molecule has 0 atom stereocenters. The molecule has 45 heavy (non-hydrogen) atoms. The van der Waals surface area contributed by atoms with Gasteiger partial charge in [-0.1, -0.05) is 60.8 Å². The fourth-order valence-corrected chi connectivity index (χ4v) is 5.54. The molecule has 1 aromatic heterocycles. The SMILES string of the molecule is C=C1Nc2ccc(CNCc3ccncc3)cc2S/C1=C/CCN1C=NC(=NCc2ccccc2)N/C(N)=C(\C)CN=C1N=O. The van der Waals surface area contributed by atoms with E-state index < -0.39 is 0 Å². The first-order valence-corrected chi connectivity index (χ1v) is 15.4. The zero-order valence-corrected chi connectivity index (χ0v) is 25.9. The summed E-state index contributed by atoms with van der Waals surface area (Å²) < 4.78 is 0. The number of nitrogens with two attached hydrogens (primary N) is 1. The van der Waals surface area contributed by atoms with Crippen molar-refractivity contribution in [3.63, 3.8) is 0 Å². The number of nitrogens with zero attached hydrogens (tertiary/aromatic N) is 6. The van der Waals surface area contributed by atoms with Gasteiger partial charge in [0.25, 0.3) is 5.96 Å². The molecular formula is C33H36N10OS. The summed E-state index contributed by atoms with van der Waals surface area (Å²) >= 11 is 1.67. The number of fused-ring (bicyclic) bond motifs is 1. The van der Waals surface area contributed by atoms with Gasteiger partial charge in [-0.2, -0.15) is 0 Å². The molecule has 0 amide bonds. The third-order valence-electron chi connectivity index (χ3n) is 7.03. The molecule has 11 nitrogen and oxygen atoms in total. The van der Waals surface area contributed by atoms with E-state index in [9.17, 15) is 4.91 Å². The zero-order chi connectivity index (χ0) is 31.4. The number of rotatable bonds is 9. The van der Waals surface area contributed by atoms with Gasteiger partial charge in [-0.25, -0.2) is 15.0 Å². The molecule has 0 fully saturated rings. The van der Waals surface area contributed by atoms with E-state index in [2.05, 4.69) is 71.9 Å². The second kappa shape index (κ2) is 15.6. The van der Waals surface area contributed by atoms with Crippen molar-refractivity contribution in [1.82, 2.24) is 20.5 Å². The van der Waals surface area contributed by atoms with Crippen LogP contribution in [0.25, 0.3) is 0 Å². The van der Waals surface area contributed by atoms with E-state index in [1.807, 2.05) is 49.4 Å². The lowest BCUT2D eigenvalue weighted by Gasteiger charge is -2.23. The first kappa shape index (κ1) is 31.4. The van der Waals surface area contributed by atoms with Gasteiger partial charge in [-0.3, -0.25) is 9.88 Å². The highest BCUT2D eigenvalue weighted by atomic mass is 32.2. The highest BCUT2D eigenvalue weighted by Gasteiger charge is 2.18. The number of aromatic nitrogens is 1. The van der Waals surface area contributed by atoms with Crippen molar-refractivity contribution >= 4 is 35.7 Å². The Kier molecular flexibility index (Phi) is 10.9. The van der Waals surface area contributed by atoms with Gasteiger partial charge in [0.15, 0.2) is 0 Å². The first-order valence-electron chi connectivity index (χ1n) is 14.5. The van der Waals surface area contributed by atoms with Crippen LogP contribution in [0.1, 0.15) is 30.0 Å². The average Bonchev–Trinajstić information content (AvgIpc) is 3.06. The van der Waals surface area contributed by atoms with Crippen molar-refractivity contribution < 1.29 is 0 Å². The van der Waals surface area contributed by atoms with Crippen LogP contribution >= 0.6 is 11.8 Å². The number of pyridine rings is 1. The molecule has 0 radical (unpaired) electrons. The predicted octanol–water partition coefficient (Wildman–Crippen LogP) is 5.48. The quantitative estimate of drug-likeness (QED) is 0.230.